The molecule has 2 aromatic rings. The van der Waals surface area contributed by atoms with Crippen molar-refractivity contribution in [2.75, 3.05) is 7.11 Å². The molecule has 0 N–H and O–H groups in total. The summed E-state index contributed by atoms with van der Waals surface area (Å²) >= 11 is 11.9. The first kappa shape index (κ1) is 14.9. The quantitative estimate of drug-likeness (QED) is 0.758. The number of rotatable bonds is 3. The fraction of sp³-hybridized carbons (Fsp3) is 0.188. The Balaban J connectivity index is 2.48. The maximum absolute atomic E-state index is 12.5. The van der Waals surface area contributed by atoms with E-state index < -0.39 is 0 Å². The zero-order chi connectivity index (χ0) is 14.9. The van der Waals surface area contributed by atoms with E-state index in [1.165, 1.54) is 0 Å². The van der Waals surface area contributed by atoms with Gasteiger partial charge in [-0.05, 0) is 55.3 Å². The lowest BCUT2D eigenvalue weighted by molar-refractivity contribution is 0.103. The number of hydrogen-bond acceptors (Lipinski definition) is 2. The van der Waals surface area contributed by atoms with Gasteiger partial charge in [-0.1, -0.05) is 23.2 Å². The molecule has 0 heterocycles. The van der Waals surface area contributed by atoms with Crippen LogP contribution in [0.2, 0.25) is 10.0 Å². The van der Waals surface area contributed by atoms with Gasteiger partial charge < -0.3 is 4.74 Å². The molecule has 0 saturated heterocycles. The lowest BCUT2D eigenvalue weighted by atomic mass is 9.98. The van der Waals surface area contributed by atoms with Crippen LogP contribution in [0.5, 0.6) is 5.75 Å². The highest BCUT2D eigenvalue weighted by Crippen LogP contribution is 2.27. The molecule has 0 radical (unpaired) electrons. The van der Waals surface area contributed by atoms with Crippen molar-refractivity contribution >= 4 is 29.0 Å². The minimum absolute atomic E-state index is 0.108. The van der Waals surface area contributed by atoms with Crippen molar-refractivity contribution in [3.8, 4) is 5.75 Å². The van der Waals surface area contributed by atoms with Gasteiger partial charge in [0.1, 0.15) is 5.75 Å². The molecule has 0 spiro atoms. The summed E-state index contributed by atoms with van der Waals surface area (Å²) in [5, 5.41) is 0.894. The monoisotopic (exact) mass is 308 g/mol. The van der Waals surface area contributed by atoms with Crippen molar-refractivity contribution < 1.29 is 9.53 Å². The molecule has 2 rings (SSSR count). The summed E-state index contributed by atoms with van der Waals surface area (Å²) in [6, 6.07) is 8.45. The van der Waals surface area contributed by atoms with E-state index in [1.54, 1.807) is 25.3 Å². The van der Waals surface area contributed by atoms with E-state index in [0.717, 1.165) is 16.9 Å². The molecule has 0 aliphatic carbocycles. The molecular weight excluding hydrogens is 295 g/mol. The molecule has 4 heteroatoms. The fourth-order valence-electron chi connectivity index (χ4n) is 2.25. The number of carbonyl (C=O) groups is 1. The van der Waals surface area contributed by atoms with E-state index in [1.807, 2.05) is 26.0 Å². The molecule has 0 atom stereocenters. The maximum atomic E-state index is 12.5. The van der Waals surface area contributed by atoms with Gasteiger partial charge in [-0.3, -0.25) is 4.79 Å². The highest BCUT2D eigenvalue weighted by molar-refractivity contribution is 6.35. The summed E-state index contributed by atoms with van der Waals surface area (Å²) in [4.78, 5) is 12.5. The zero-order valence-corrected chi connectivity index (χ0v) is 13.0. The first-order chi connectivity index (χ1) is 9.42. The summed E-state index contributed by atoms with van der Waals surface area (Å²) < 4.78 is 5.30. The summed E-state index contributed by atoms with van der Waals surface area (Å²) in [7, 11) is 1.62. The Labute approximate surface area is 128 Å². The Morgan fingerprint density at radius 1 is 0.900 bits per heavy atom. The molecule has 20 heavy (non-hydrogen) atoms. The Morgan fingerprint density at radius 3 is 1.80 bits per heavy atom. The molecule has 0 fully saturated rings. The lowest BCUT2D eigenvalue weighted by Gasteiger charge is -2.11. The summed E-state index contributed by atoms with van der Waals surface area (Å²) in [6.45, 7) is 3.82. The van der Waals surface area contributed by atoms with Crippen LogP contribution < -0.4 is 4.74 Å². The number of hydrogen-bond donors (Lipinski definition) is 0. The van der Waals surface area contributed by atoms with Crippen LogP contribution in [0.4, 0.5) is 0 Å². The second-order valence-electron chi connectivity index (χ2n) is 4.63. The molecule has 0 bridgehead atoms. The third-order valence-corrected chi connectivity index (χ3v) is 3.49. The molecule has 2 nitrogen and oxygen atoms in total. The van der Waals surface area contributed by atoms with Crippen LogP contribution in [-0.2, 0) is 0 Å². The average molecular weight is 309 g/mol. The Hall–Kier alpha value is -1.51. The highest BCUT2D eigenvalue weighted by atomic mass is 35.5. The van der Waals surface area contributed by atoms with Gasteiger partial charge in [0.05, 0.1) is 7.11 Å². The van der Waals surface area contributed by atoms with Gasteiger partial charge in [0.2, 0.25) is 0 Å². The van der Waals surface area contributed by atoms with Crippen molar-refractivity contribution in [2.24, 2.45) is 0 Å². The van der Waals surface area contributed by atoms with E-state index in [9.17, 15) is 4.79 Å². The van der Waals surface area contributed by atoms with Crippen molar-refractivity contribution in [1.82, 2.24) is 0 Å². The van der Waals surface area contributed by atoms with Gasteiger partial charge in [-0.25, -0.2) is 0 Å². The standard InChI is InChI=1S/C16H14Cl2O2/c1-9-4-11(5-10(2)16(9)20-3)15(19)12-6-13(17)8-14(18)7-12/h4-8H,1-3H3. The Kier molecular flexibility index (Phi) is 4.36. The van der Waals surface area contributed by atoms with Crippen molar-refractivity contribution in [3.05, 3.63) is 62.6 Å². The van der Waals surface area contributed by atoms with Crippen molar-refractivity contribution in [2.45, 2.75) is 13.8 Å². The first-order valence-electron chi connectivity index (χ1n) is 6.08. The van der Waals surface area contributed by atoms with E-state index in [-0.39, 0.29) is 5.78 Å². The lowest BCUT2D eigenvalue weighted by Crippen LogP contribution is -2.03. The number of benzene rings is 2. The van der Waals surface area contributed by atoms with Crippen LogP contribution in [0.3, 0.4) is 0 Å². The minimum Gasteiger partial charge on any atom is -0.496 e. The third-order valence-electron chi connectivity index (χ3n) is 3.05. The molecule has 2 aromatic carbocycles. The average Bonchev–Trinajstić information content (AvgIpc) is 2.36. The molecule has 0 aliphatic rings. The summed E-state index contributed by atoms with van der Waals surface area (Å²) in [6.07, 6.45) is 0. The van der Waals surface area contributed by atoms with Gasteiger partial charge in [-0.2, -0.15) is 0 Å². The highest BCUT2D eigenvalue weighted by Gasteiger charge is 2.14. The minimum atomic E-state index is -0.108. The van der Waals surface area contributed by atoms with Gasteiger partial charge in [0, 0.05) is 21.2 Å². The van der Waals surface area contributed by atoms with Gasteiger partial charge >= 0.3 is 0 Å². The second-order valence-corrected chi connectivity index (χ2v) is 5.50. The SMILES string of the molecule is COc1c(C)cc(C(=O)c2cc(Cl)cc(Cl)c2)cc1C. The molecule has 0 aliphatic heterocycles. The molecule has 104 valence electrons. The predicted octanol–water partition coefficient (Wildman–Crippen LogP) is 4.85. The molecule has 0 amide bonds. The van der Waals surface area contributed by atoms with E-state index in [4.69, 9.17) is 27.9 Å². The van der Waals surface area contributed by atoms with Crippen molar-refractivity contribution in [1.29, 1.82) is 0 Å². The summed E-state index contributed by atoms with van der Waals surface area (Å²) in [5.74, 6) is 0.689. The number of carbonyl (C=O) groups excluding carboxylic acids is 1. The second kappa shape index (κ2) is 5.86. The van der Waals surface area contributed by atoms with Gasteiger partial charge in [0.25, 0.3) is 0 Å². The number of ether oxygens (including phenoxy) is 1. The Morgan fingerprint density at radius 2 is 1.35 bits per heavy atom. The predicted molar refractivity (Wildman–Crippen MR) is 82.4 cm³/mol. The normalized spacial score (nSPS) is 10.4. The first-order valence-corrected chi connectivity index (χ1v) is 6.84. The van der Waals surface area contributed by atoms with E-state index >= 15 is 0 Å². The van der Waals surface area contributed by atoms with Gasteiger partial charge in [-0.15, -0.1) is 0 Å². The van der Waals surface area contributed by atoms with Gasteiger partial charge in [0.15, 0.2) is 5.78 Å². The zero-order valence-electron chi connectivity index (χ0n) is 11.5. The maximum Gasteiger partial charge on any atom is 0.193 e. The number of halogens is 2. The molecule has 0 aromatic heterocycles. The third kappa shape index (κ3) is 2.97. The largest absolute Gasteiger partial charge is 0.496 e. The van der Waals surface area contributed by atoms with Crippen LogP contribution in [0.1, 0.15) is 27.0 Å². The van der Waals surface area contributed by atoms with Crippen LogP contribution in [-0.4, -0.2) is 12.9 Å². The summed E-state index contributed by atoms with van der Waals surface area (Å²) in [5.41, 5.74) is 2.92. The molecular formula is C16H14Cl2O2. The van der Waals surface area contributed by atoms with Crippen LogP contribution in [0.15, 0.2) is 30.3 Å². The van der Waals surface area contributed by atoms with E-state index in [2.05, 4.69) is 0 Å². The number of aryl methyl sites for hydroxylation is 2. The fourth-order valence-corrected chi connectivity index (χ4v) is 2.78. The number of ketones is 1. The van der Waals surface area contributed by atoms with E-state index in [0.29, 0.717) is 21.2 Å². The smallest absolute Gasteiger partial charge is 0.193 e. The van der Waals surface area contributed by atoms with Crippen LogP contribution >= 0.6 is 23.2 Å². The number of methoxy groups -OCH3 is 1. The van der Waals surface area contributed by atoms with Crippen molar-refractivity contribution in [3.63, 3.8) is 0 Å². The van der Waals surface area contributed by atoms with Crippen LogP contribution in [0, 0.1) is 13.8 Å². The molecule has 0 unspecified atom stereocenters. The molecule has 0 saturated carbocycles. The van der Waals surface area contributed by atoms with Crippen LogP contribution in [0.25, 0.3) is 0 Å². The Bertz CT molecular complexity index is 635. The topological polar surface area (TPSA) is 26.3 Å².